The van der Waals surface area contributed by atoms with Gasteiger partial charge < -0.3 is 10.2 Å². The zero-order valence-corrected chi connectivity index (χ0v) is 10.3. The quantitative estimate of drug-likeness (QED) is 0.725. The molecule has 0 bridgehead atoms. The molecule has 0 spiro atoms. The van der Waals surface area contributed by atoms with E-state index in [1.54, 1.807) is 4.90 Å². The molecule has 1 aliphatic heterocycles. The summed E-state index contributed by atoms with van der Waals surface area (Å²) in [4.78, 5) is 15.5. The predicted molar refractivity (Wildman–Crippen MR) is 61.8 cm³/mol. The minimum absolute atomic E-state index is 0.171. The molecule has 1 heterocycles. The summed E-state index contributed by atoms with van der Waals surface area (Å²) in [6.45, 7) is 8.38. The number of piperazine rings is 1. The van der Waals surface area contributed by atoms with Crippen LogP contribution in [0.25, 0.3) is 0 Å². The molecule has 4 heteroatoms. The topological polar surface area (TPSA) is 35.6 Å². The first-order valence-electron chi connectivity index (χ1n) is 5.59. The van der Waals surface area contributed by atoms with Gasteiger partial charge in [0.2, 0.25) is 5.91 Å². The Kier molecular flexibility index (Phi) is 4.11. The average Bonchev–Trinajstić information content (AvgIpc) is 2.14. The van der Waals surface area contributed by atoms with E-state index in [9.17, 15) is 4.79 Å². The van der Waals surface area contributed by atoms with E-state index in [2.05, 4.69) is 24.1 Å². The highest BCUT2D eigenvalue weighted by Gasteiger charge is 2.29. The van der Waals surface area contributed by atoms with Crippen molar-refractivity contribution >= 4 is 5.91 Å². The molecule has 0 unspecified atom stereocenters. The van der Waals surface area contributed by atoms with Crippen molar-refractivity contribution in [3.8, 4) is 0 Å². The molecule has 0 aromatic carbocycles. The van der Waals surface area contributed by atoms with E-state index < -0.39 is 0 Å². The monoisotopic (exact) mass is 213 g/mol. The minimum atomic E-state index is 0.171. The van der Waals surface area contributed by atoms with E-state index in [1.165, 1.54) is 0 Å². The lowest BCUT2D eigenvalue weighted by Crippen LogP contribution is -2.58. The summed E-state index contributed by atoms with van der Waals surface area (Å²) in [5.41, 5.74) is 0.171. The van der Waals surface area contributed by atoms with Gasteiger partial charge in [-0.25, -0.2) is 0 Å². The van der Waals surface area contributed by atoms with Crippen molar-refractivity contribution in [3.05, 3.63) is 0 Å². The third-order valence-electron chi connectivity index (χ3n) is 3.07. The van der Waals surface area contributed by atoms with E-state index in [0.717, 1.165) is 26.2 Å². The Bertz CT molecular complexity index is 226. The second-order valence-corrected chi connectivity index (χ2v) is 5.01. The Labute approximate surface area is 92.6 Å². The van der Waals surface area contributed by atoms with Crippen molar-refractivity contribution < 1.29 is 4.79 Å². The Hall–Kier alpha value is -0.610. The first kappa shape index (κ1) is 12.5. The first-order chi connectivity index (χ1) is 6.93. The molecule has 0 aliphatic carbocycles. The van der Waals surface area contributed by atoms with Crippen LogP contribution in [0.4, 0.5) is 0 Å². The zero-order valence-electron chi connectivity index (χ0n) is 10.3. The highest BCUT2D eigenvalue weighted by Crippen LogP contribution is 2.16. The van der Waals surface area contributed by atoms with Crippen LogP contribution in [0.1, 0.15) is 20.3 Å². The lowest BCUT2D eigenvalue weighted by Gasteiger charge is -2.42. The maximum absolute atomic E-state index is 11.5. The number of nitrogens with one attached hydrogen (secondary N) is 1. The van der Waals surface area contributed by atoms with E-state index in [-0.39, 0.29) is 11.4 Å². The Morgan fingerprint density at radius 3 is 2.67 bits per heavy atom. The molecule has 1 rings (SSSR count). The molecule has 1 N–H and O–H groups in total. The SMILES string of the molecule is CN(C)C(=O)CCN1CCNCC1(C)C. The number of nitrogens with zero attached hydrogens (tertiary/aromatic N) is 2. The highest BCUT2D eigenvalue weighted by atomic mass is 16.2. The summed E-state index contributed by atoms with van der Waals surface area (Å²) in [6.07, 6.45) is 0.621. The predicted octanol–water partition coefficient (Wildman–Crippen LogP) is 0.149. The van der Waals surface area contributed by atoms with Crippen molar-refractivity contribution in [3.63, 3.8) is 0 Å². The molecule has 1 fully saturated rings. The van der Waals surface area contributed by atoms with Crippen molar-refractivity contribution in [1.29, 1.82) is 0 Å². The van der Waals surface area contributed by atoms with Gasteiger partial charge in [-0.1, -0.05) is 0 Å². The molecule has 88 valence electrons. The van der Waals surface area contributed by atoms with Gasteiger partial charge in [0.1, 0.15) is 0 Å². The van der Waals surface area contributed by atoms with Crippen LogP contribution in [0, 0.1) is 0 Å². The molecule has 0 aromatic heterocycles. The van der Waals surface area contributed by atoms with Gasteiger partial charge in [-0.05, 0) is 13.8 Å². The molecule has 15 heavy (non-hydrogen) atoms. The molecule has 0 radical (unpaired) electrons. The molecule has 0 saturated carbocycles. The fourth-order valence-corrected chi connectivity index (χ4v) is 1.89. The van der Waals surface area contributed by atoms with Crippen molar-refractivity contribution in [2.24, 2.45) is 0 Å². The number of rotatable bonds is 3. The summed E-state index contributed by atoms with van der Waals surface area (Å²) in [7, 11) is 3.62. The number of amides is 1. The van der Waals surface area contributed by atoms with Gasteiger partial charge in [0.25, 0.3) is 0 Å². The Balaban J connectivity index is 2.40. The number of carbonyl (C=O) groups is 1. The molecule has 0 atom stereocenters. The molecular weight excluding hydrogens is 190 g/mol. The van der Waals surface area contributed by atoms with E-state index in [1.807, 2.05) is 14.1 Å². The van der Waals surface area contributed by atoms with Gasteiger partial charge in [0, 0.05) is 52.2 Å². The van der Waals surface area contributed by atoms with Crippen LogP contribution >= 0.6 is 0 Å². The van der Waals surface area contributed by atoms with Crippen LogP contribution in [-0.4, -0.2) is 61.5 Å². The molecule has 1 saturated heterocycles. The summed E-state index contributed by atoms with van der Waals surface area (Å²) in [5.74, 6) is 0.212. The van der Waals surface area contributed by atoms with Gasteiger partial charge in [0.05, 0.1) is 0 Å². The zero-order chi connectivity index (χ0) is 11.5. The number of hydrogen-bond donors (Lipinski definition) is 1. The number of carbonyl (C=O) groups excluding carboxylic acids is 1. The normalized spacial score (nSPS) is 21.3. The van der Waals surface area contributed by atoms with Gasteiger partial charge in [-0.2, -0.15) is 0 Å². The molecule has 1 amide bonds. The van der Waals surface area contributed by atoms with Crippen LogP contribution in [0.15, 0.2) is 0 Å². The fourth-order valence-electron chi connectivity index (χ4n) is 1.89. The molecule has 0 aromatic rings. The van der Waals surface area contributed by atoms with Crippen LogP contribution < -0.4 is 5.32 Å². The van der Waals surface area contributed by atoms with Gasteiger partial charge in [-0.15, -0.1) is 0 Å². The van der Waals surface area contributed by atoms with Gasteiger partial charge in [-0.3, -0.25) is 9.69 Å². The molecule has 4 nitrogen and oxygen atoms in total. The van der Waals surface area contributed by atoms with Crippen molar-refractivity contribution in [2.45, 2.75) is 25.8 Å². The first-order valence-corrected chi connectivity index (χ1v) is 5.59. The lowest BCUT2D eigenvalue weighted by molar-refractivity contribution is -0.129. The van der Waals surface area contributed by atoms with E-state index >= 15 is 0 Å². The molecule has 1 aliphatic rings. The van der Waals surface area contributed by atoms with Crippen LogP contribution in [0.3, 0.4) is 0 Å². The number of hydrogen-bond acceptors (Lipinski definition) is 3. The van der Waals surface area contributed by atoms with Gasteiger partial charge >= 0.3 is 0 Å². The maximum atomic E-state index is 11.5. The van der Waals surface area contributed by atoms with Crippen molar-refractivity contribution in [2.75, 3.05) is 40.3 Å². The van der Waals surface area contributed by atoms with Crippen LogP contribution in [0.5, 0.6) is 0 Å². The summed E-state index contributed by atoms with van der Waals surface area (Å²) in [6, 6.07) is 0. The van der Waals surface area contributed by atoms with Crippen molar-refractivity contribution in [1.82, 2.24) is 15.1 Å². The smallest absolute Gasteiger partial charge is 0.223 e. The largest absolute Gasteiger partial charge is 0.349 e. The summed E-state index contributed by atoms with van der Waals surface area (Å²) < 4.78 is 0. The Morgan fingerprint density at radius 2 is 2.13 bits per heavy atom. The van der Waals surface area contributed by atoms with E-state index in [0.29, 0.717) is 6.42 Å². The summed E-state index contributed by atoms with van der Waals surface area (Å²) >= 11 is 0. The van der Waals surface area contributed by atoms with Crippen LogP contribution in [0.2, 0.25) is 0 Å². The third-order valence-corrected chi connectivity index (χ3v) is 3.07. The second kappa shape index (κ2) is 4.94. The lowest BCUT2D eigenvalue weighted by atomic mass is 10.00. The maximum Gasteiger partial charge on any atom is 0.223 e. The highest BCUT2D eigenvalue weighted by molar-refractivity contribution is 5.75. The fraction of sp³-hybridized carbons (Fsp3) is 0.909. The van der Waals surface area contributed by atoms with Gasteiger partial charge in [0.15, 0.2) is 0 Å². The molecular formula is C11H23N3O. The standard InChI is InChI=1S/C11H23N3O/c1-11(2)9-12-6-8-14(11)7-5-10(15)13(3)4/h12H,5-9H2,1-4H3. The van der Waals surface area contributed by atoms with E-state index in [4.69, 9.17) is 0 Å². The average molecular weight is 213 g/mol. The van der Waals surface area contributed by atoms with Crippen LogP contribution in [-0.2, 0) is 4.79 Å². The Morgan fingerprint density at radius 1 is 1.47 bits per heavy atom. The summed E-state index contributed by atoms with van der Waals surface area (Å²) in [5, 5.41) is 3.38. The third kappa shape index (κ3) is 3.47. The second-order valence-electron chi connectivity index (χ2n) is 5.01. The minimum Gasteiger partial charge on any atom is -0.349 e.